The normalized spacial score (nSPS) is 18.0. The molecular weight excluding hydrogens is 242 g/mol. The topological polar surface area (TPSA) is 52.4 Å². The van der Waals surface area contributed by atoms with Crippen molar-refractivity contribution < 1.29 is 9.66 Å². The Morgan fingerprint density at radius 1 is 1.41 bits per heavy atom. The van der Waals surface area contributed by atoms with E-state index < -0.39 is 4.92 Å². The lowest BCUT2D eigenvalue weighted by atomic mass is 10.1. The Balaban J connectivity index is 2.19. The maximum absolute atomic E-state index is 10.6. The van der Waals surface area contributed by atoms with Crippen LogP contribution in [-0.4, -0.2) is 10.5 Å². The molecule has 0 atom stereocenters. The molecule has 1 aromatic rings. The second-order valence-electron chi connectivity index (χ2n) is 4.63. The minimum absolute atomic E-state index is 0.0149. The Morgan fingerprint density at radius 3 is 2.59 bits per heavy atom. The SMILES string of the molecule is CC1(Oc2ccc([N+](=O)[O-])cc2Cl)CCCC1. The van der Waals surface area contributed by atoms with E-state index >= 15 is 0 Å². The van der Waals surface area contributed by atoms with E-state index in [0.717, 1.165) is 25.7 Å². The number of nitro groups is 1. The van der Waals surface area contributed by atoms with Gasteiger partial charge in [0.2, 0.25) is 0 Å². The summed E-state index contributed by atoms with van der Waals surface area (Å²) in [6.07, 6.45) is 4.31. The van der Waals surface area contributed by atoms with E-state index in [9.17, 15) is 10.1 Å². The Labute approximate surface area is 105 Å². The molecule has 0 saturated heterocycles. The minimum atomic E-state index is -0.465. The number of hydrogen-bond acceptors (Lipinski definition) is 3. The fourth-order valence-corrected chi connectivity index (χ4v) is 2.39. The highest BCUT2D eigenvalue weighted by Crippen LogP contribution is 2.37. The molecule has 5 heteroatoms. The van der Waals surface area contributed by atoms with E-state index in [1.54, 1.807) is 6.07 Å². The minimum Gasteiger partial charge on any atom is -0.486 e. The van der Waals surface area contributed by atoms with Gasteiger partial charge in [-0.05, 0) is 38.7 Å². The number of rotatable bonds is 3. The monoisotopic (exact) mass is 255 g/mol. The third-order valence-corrected chi connectivity index (χ3v) is 3.44. The molecule has 0 aliphatic heterocycles. The summed E-state index contributed by atoms with van der Waals surface area (Å²) < 4.78 is 5.87. The van der Waals surface area contributed by atoms with Gasteiger partial charge in [-0.3, -0.25) is 10.1 Å². The smallest absolute Gasteiger partial charge is 0.271 e. The Hall–Kier alpha value is -1.29. The molecule has 0 spiro atoms. The predicted octanol–water partition coefficient (Wildman–Crippen LogP) is 3.96. The van der Waals surface area contributed by atoms with Crippen LogP contribution in [0.3, 0.4) is 0 Å². The second kappa shape index (κ2) is 4.53. The van der Waals surface area contributed by atoms with Crippen molar-refractivity contribution in [3.63, 3.8) is 0 Å². The lowest BCUT2D eigenvalue weighted by Crippen LogP contribution is -2.28. The summed E-state index contributed by atoms with van der Waals surface area (Å²) in [7, 11) is 0. The molecule has 1 fully saturated rings. The van der Waals surface area contributed by atoms with Crippen LogP contribution in [-0.2, 0) is 0 Å². The molecule has 4 nitrogen and oxygen atoms in total. The highest BCUT2D eigenvalue weighted by atomic mass is 35.5. The fraction of sp³-hybridized carbons (Fsp3) is 0.500. The van der Waals surface area contributed by atoms with Crippen LogP contribution in [0.2, 0.25) is 5.02 Å². The van der Waals surface area contributed by atoms with Crippen LogP contribution < -0.4 is 4.74 Å². The third-order valence-electron chi connectivity index (χ3n) is 3.14. The Bertz CT molecular complexity index is 441. The van der Waals surface area contributed by atoms with Gasteiger partial charge in [-0.15, -0.1) is 0 Å². The van der Waals surface area contributed by atoms with Gasteiger partial charge in [-0.25, -0.2) is 0 Å². The first-order valence-corrected chi connectivity index (χ1v) is 6.01. The molecule has 0 unspecified atom stereocenters. The Morgan fingerprint density at radius 2 is 2.06 bits per heavy atom. The molecule has 0 heterocycles. The molecule has 0 N–H and O–H groups in total. The van der Waals surface area contributed by atoms with Gasteiger partial charge in [-0.2, -0.15) is 0 Å². The summed E-state index contributed by atoms with van der Waals surface area (Å²) in [6.45, 7) is 2.05. The third kappa shape index (κ3) is 2.69. The number of nitro benzene ring substituents is 1. The molecule has 1 aliphatic carbocycles. The van der Waals surface area contributed by atoms with Crippen LogP contribution in [0.1, 0.15) is 32.6 Å². The van der Waals surface area contributed by atoms with Crippen molar-refractivity contribution >= 4 is 17.3 Å². The van der Waals surface area contributed by atoms with Gasteiger partial charge in [0.05, 0.1) is 9.95 Å². The summed E-state index contributed by atoms with van der Waals surface area (Å²) in [5.74, 6) is 0.529. The van der Waals surface area contributed by atoms with Crippen LogP contribution in [0.25, 0.3) is 0 Å². The zero-order valence-electron chi connectivity index (χ0n) is 9.61. The summed E-state index contributed by atoms with van der Waals surface area (Å²) in [5.41, 5.74) is -0.196. The maximum Gasteiger partial charge on any atom is 0.271 e. The predicted molar refractivity (Wildman–Crippen MR) is 65.6 cm³/mol. The van der Waals surface area contributed by atoms with Crippen LogP contribution in [0, 0.1) is 10.1 Å². The van der Waals surface area contributed by atoms with Crippen molar-refractivity contribution in [1.82, 2.24) is 0 Å². The summed E-state index contributed by atoms with van der Waals surface area (Å²) in [4.78, 5) is 10.1. The first-order valence-electron chi connectivity index (χ1n) is 5.63. The molecule has 0 aromatic heterocycles. The van der Waals surface area contributed by atoms with Gasteiger partial charge in [0.25, 0.3) is 5.69 Å². The number of benzene rings is 1. The summed E-state index contributed by atoms with van der Waals surface area (Å²) in [6, 6.07) is 4.32. The van der Waals surface area contributed by atoms with Crippen molar-refractivity contribution in [2.24, 2.45) is 0 Å². The lowest BCUT2D eigenvalue weighted by molar-refractivity contribution is -0.384. The highest BCUT2D eigenvalue weighted by molar-refractivity contribution is 6.32. The molecule has 2 rings (SSSR count). The van der Waals surface area contributed by atoms with Gasteiger partial charge in [0.15, 0.2) is 0 Å². The molecule has 17 heavy (non-hydrogen) atoms. The molecule has 1 saturated carbocycles. The molecule has 0 bridgehead atoms. The maximum atomic E-state index is 10.6. The number of non-ortho nitro benzene ring substituents is 1. The average Bonchev–Trinajstić information content (AvgIpc) is 2.68. The van der Waals surface area contributed by atoms with Crippen molar-refractivity contribution in [2.75, 3.05) is 0 Å². The van der Waals surface area contributed by atoms with Gasteiger partial charge in [0, 0.05) is 12.1 Å². The number of ether oxygens (including phenoxy) is 1. The number of nitrogens with zero attached hydrogens (tertiary/aromatic N) is 1. The van der Waals surface area contributed by atoms with Gasteiger partial charge in [-0.1, -0.05) is 11.6 Å². The largest absolute Gasteiger partial charge is 0.486 e. The van der Waals surface area contributed by atoms with Crippen molar-refractivity contribution in [1.29, 1.82) is 0 Å². The van der Waals surface area contributed by atoms with E-state index in [0.29, 0.717) is 10.8 Å². The highest BCUT2D eigenvalue weighted by Gasteiger charge is 2.31. The zero-order chi connectivity index (χ0) is 12.5. The van der Waals surface area contributed by atoms with Crippen molar-refractivity contribution in [2.45, 2.75) is 38.2 Å². The van der Waals surface area contributed by atoms with E-state index in [4.69, 9.17) is 16.3 Å². The van der Waals surface area contributed by atoms with Crippen LogP contribution >= 0.6 is 11.6 Å². The zero-order valence-corrected chi connectivity index (χ0v) is 10.4. The van der Waals surface area contributed by atoms with E-state index in [2.05, 4.69) is 6.92 Å². The summed E-state index contributed by atoms with van der Waals surface area (Å²) >= 11 is 5.98. The fourth-order valence-electron chi connectivity index (χ4n) is 2.18. The van der Waals surface area contributed by atoms with Gasteiger partial charge >= 0.3 is 0 Å². The Kier molecular flexibility index (Phi) is 3.24. The molecule has 0 radical (unpaired) electrons. The van der Waals surface area contributed by atoms with E-state index in [1.807, 2.05) is 0 Å². The molecule has 92 valence electrons. The standard InChI is InChI=1S/C12H14ClNO3/c1-12(6-2-3-7-12)17-11-5-4-9(14(15)16)8-10(11)13/h4-5,8H,2-3,6-7H2,1H3. The van der Waals surface area contributed by atoms with Crippen molar-refractivity contribution in [3.8, 4) is 5.75 Å². The van der Waals surface area contributed by atoms with Gasteiger partial charge in [0.1, 0.15) is 11.4 Å². The molecular formula is C12H14ClNO3. The van der Waals surface area contributed by atoms with Crippen LogP contribution in [0.5, 0.6) is 5.75 Å². The van der Waals surface area contributed by atoms with Gasteiger partial charge < -0.3 is 4.74 Å². The average molecular weight is 256 g/mol. The van der Waals surface area contributed by atoms with E-state index in [1.165, 1.54) is 12.1 Å². The van der Waals surface area contributed by atoms with E-state index in [-0.39, 0.29) is 11.3 Å². The lowest BCUT2D eigenvalue weighted by Gasteiger charge is -2.26. The first kappa shape index (κ1) is 12.2. The second-order valence-corrected chi connectivity index (χ2v) is 5.04. The molecule has 0 amide bonds. The summed E-state index contributed by atoms with van der Waals surface area (Å²) in [5, 5.41) is 10.9. The van der Waals surface area contributed by atoms with Crippen LogP contribution in [0.4, 0.5) is 5.69 Å². The number of hydrogen-bond donors (Lipinski definition) is 0. The van der Waals surface area contributed by atoms with Crippen LogP contribution in [0.15, 0.2) is 18.2 Å². The molecule has 1 aliphatic rings. The number of halogens is 1. The quantitative estimate of drug-likeness (QED) is 0.607. The van der Waals surface area contributed by atoms with Crippen molar-refractivity contribution in [3.05, 3.63) is 33.3 Å². The molecule has 1 aromatic carbocycles. The first-order chi connectivity index (χ1) is 8.00.